The molecular weight excluding hydrogens is 322 g/mol. The molecule has 1 unspecified atom stereocenters. The maximum atomic E-state index is 12.6. The molecule has 2 aliphatic rings. The minimum Gasteiger partial charge on any atom is -0.314 e. The number of hydrogen-bond acceptors (Lipinski definition) is 4. The number of benzene rings is 1. The Labute approximate surface area is 137 Å². The van der Waals surface area contributed by atoms with Crippen molar-refractivity contribution in [1.29, 1.82) is 0 Å². The van der Waals surface area contributed by atoms with Gasteiger partial charge in [0.15, 0.2) is 0 Å². The monoisotopic (exact) mass is 343 g/mol. The molecule has 3 rings (SSSR count). The van der Waals surface area contributed by atoms with Gasteiger partial charge in [-0.25, -0.2) is 12.7 Å². The van der Waals surface area contributed by atoms with E-state index in [4.69, 9.17) is 11.6 Å². The Balaban J connectivity index is 1.65. The van der Waals surface area contributed by atoms with E-state index >= 15 is 0 Å². The molecule has 2 fully saturated rings. The zero-order valence-electron chi connectivity index (χ0n) is 12.5. The zero-order chi connectivity index (χ0) is 15.6. The summed E-state index contributed by atoms with van der Waals surface area (Å²) in [6.45, 7) is 5.20. The highest BCUT2D eigenvalue weighted by atomic mass is 35.5. The second kappa shape index (κ2) is 6.84. The quantitative estimate of drug-likeness (QED) is 0.891. The van der Waals surface area contributed by atoms with E-state index in [1.165, 1.54) is 0 Å². The largest absolute Gasteiger partial charge is 0.314 e. The summed E-state index contributed by atoms with van der Waals surface area (Å²) in [7, 11) is -3.30. The first-order valence-corrected chi connectivity index (χ1v) is 9.71. The smallest absolute Gasteiger partial charge is 0.218 e. The Hall–Kier alpha value is -0.660. The van der Waals surface area contributed by atoms with Crippen LogP contribution < -0.4 is 5.32 Å². The normalized spacial score (nSPS) is 24.7. The second-order valence-electron chi connectivity index (χ2n) is 5.93. The topological polar surface area (TPSA) is 52.7 Å². The van der Waals surface area contributed by atoms with E-state index in [0.717, 1.165) is 32.6 Å². The van der Waals surface area contributed by atoms with Crippen LogP contribution in [0.15, 0.2) is 24.3 Å². The van der Waals surface area contributed by atoms with E-state index in [-0.39, 0.29) is 5.75 Å². The molecule has 1 atom stereocenters. The molecule has 122 valence electrons. The van der Waals surface area contributed by atoms with Gasteiger partial charge in [-0.1, -0.05) is 29.8 Å². The van der Waals surface area contributed by atoms with Gasteiger partial charge in [0.2, 0.25) is 10.0 Å². The van der Waals surface area contributed by atoms with E-state index in [1.54, 1.807) is 16.4 Å². The van der Waals surface area contributed by atoms with Crippen LogP contribution in [0.1, 0.15) is 12.0 Å². The molecular formula is C15H22ClN3O2S. The number of hydrogen-bond donors (Lipinski definition) is 1. The molecule has 0 aliphatic carbocycles. The highest BCUT2D eigenvalue weighted by molar-refractivity contribution is 7.88. The lowest BCUT2D eigenvalue weighted by atomic mass is 10.2. The molecule has 22 heavy (non-hydrogen) atoms. The summed E-state index contributed by atoms with van der Waals surface area (Å²) in [6.07, 6.45) is 0.918. The number of rotatable bonds is 4. The first-order chi connectivity index (χ1) is 10.6. The standard InChI is InChI=1S/C15H22ClN3O2S/c16-15-4-2-1-3-13(15)12-22(20,21)19-8-5-14(11-19)18-9-6-17-7-10-18/h1-4,14,17H,5-12H2. The minimum absolute atomic E-state index is 0.0129. The lowest BCUT2D eigenvalue weighted by Gasteiger charge is -2.32. The van der Waals surface area contributed by atoms with Crippen molar-refractivity contribution in [3.63, 3.8) is 0 Å². The van der Waals surface area contributed by atoms with E-state index in [2.05, 4.69) is 10.2 Å². The van der Waals surface area contributed by atoms with Crippen molar-refractivity contribution in [2.24, 2.45) is 0 Å². The summed E-state index contributed by atoms with van der Waals surface area (Å²) in [5, 5.41) is 3.85. The fourth-order valence-electron chi connectivity index (χ4n) is 3.21. The van der Waals surface area contributed by atoms with Gasteiger partial charge in [-0.2, -0.15) is 0 Å². The van der Waals surface area contributed by atoms with E-state index in [1.807, 2.05) is 12.1 Å². The summed E-state index contributed by atoms with van der Waals surface area (Å²) >= 11 is 6.09. The Kier molecular flexibility index (Phi) is 5.04. The van der Waals surface area contributed by atoms with Crippen molar-refractivity contribution in [1.82, 2.24) is 14.5 Å². The van der Waals surface area contributed by atoms with Crippen LogP contribution in [0.25, 0.3) is 0 Å². The van der Waals surface area contributed by atoms with E-state index in [0.29, 0.717) is 29.7 Å². The Morgan fingerprint density at radius 3 is 2.64 bits per heavy atom. The van der Waals surface area contributed by atoms with Crippen LogP contribution in [0.5, 0.6) is 0 Å². The van der Waals surface area contributed by atoms with Crippen LogP contribution >= 0.6 is 11.6 Å². The number of nitrogens with zero attached hydrogens (tertiary/aromatic N) is 2. The third-order valence-electron chi connectivity index (χ3n) is 4.48. The van der Waals surface area contributed by atoms with Gasteiger partial charge in [-0.05, 0) is 18.1 Å². The van der Waals surface area contributed by atoms with Gasteiger partial charge in [0, 0.05) is 50.3 Å². The molecule has 1 N–H and O–H groups in total. The van der Waals surface area contributed by atoms with Gasteiger partial charge in [0.05, 0.1) is 5.75 Å². The van der Waals surface area contributed by atoms with Gasteiger partial charge >= 0.3 is 0 Å². The van der Waals surface area contributed by atoms with Crippen molar-refractivity contribution < 1.29 is 8.42 Å². The maximum Gasteiger partial charge on any atom is 0.218 e. The van der Waals surface area contributed by atoms with Crippen LogP contribution in [0, 0.1) is 0 Å². The lowest BCUT2D eigenvalue weighted by molar-refractivity contribution is 0.179. The average Bonchev–Trinajstić information content (AvgIpc) is 3.01. The molecule has 0 spiro atoms. The predicted octanol–water partition coefficient (Wildman–Crippen LogP) is 1.15. The number of sulfonamides is 1. The molecule has 0 saturated carbocycles. The van der Waals surface area contributed by atoms with Crippen molar-refractivity contribution in [3.8, 4) is 0 Å². The first kappa shape index (κ1) is 16.2. The fraction of sp³-hybridized carbons (Fsp3) is 0.600. The molecule has 0 aromatic heterocycles. The van der Waals surface area contributed by atoms with Crippen LogP contribution in [-0.2, 0) is 15.8 Å². The number of nitrogens with one attached hydrogen (secondary N) is 1. The minimum atomic E-state index is -3.30. The third-order valence-corrected chi connectivity index (χ3v) is 6.65. The lowest BCUT2D eigenvalue weighted by Crippen LogP contribution is -2.49. The summed E-state index contributed by atoms with van der Waals surface area (Å²) < 4.78 is 26.9. The Morgan fingerprint density at radius 2 is 1.91 bits per heavy atom. The molecule has 1 aromatic rings. The van der Waals surface area contributed by atoms with Crippen LogP contribution in [0.4, 0.5) is 0 Å². The molecule has 2 saturated heterocycles. The molecule has 7 heteroatoms. The van der Waals surface area contributed by atoms with Crippen LogP contribution in [0.3, 0.4) is 0 Å². The number of halogens is 1. The molecule has 0 radical (unpaired) electrons. The molecule has 1 aromatic carbocycles. The molecule has 0 amide bonds. The second-order valence-corrected chi connectivity index (χ2v) is 8.31. The summed E-state index contributed by atoms with van der Waals surface area (Å²) in [5.74, 6) is -0.0129. The maximum absolute atomic E-state index is 12.6. The van der Waals surface area contributed by atoms with Crippen LogP contribution in [-0.4, -0.2) is 62.9 Å². The summed E-state index contributed by atoms with van der Waals surface area (Å²) in [6, 6.07) is 7.51. The molecule has 2 aliphatic heterocycles. The average molecular weight is 344 g/mol. The van der Waals surface area contributed by atoms with Crippen LogP contribution in [0.2, 0.25) is 5.02 Å². The van der Waals surface area contributed by atoms with Crippen molar-refractivity contribution in [3.05, 3.63) is 34.9 Å². The van der Waals surface area contributed by atoms with E-state index < -0.39 is 10.0 Å². The molecule has 2 heterocycles. The fourth-order valence-corrected chi connectivity index (χ4v) is 5.10. The zero-order valence-corrected chi connectivity index (χ0v) is 14.1. The Bertz CT molecular complexity index is 617. The van der Waals surface area contributed by atoms with Crippen molar-refractivity contribution in [2.45, 2.75) is 18.2 Å². The molecule has 5 nitrogen and oxygen atoms in total. The highest BCUT2D eigenvalue weighted by Gasteiger charge is 2.34. The third kappa shape index (κ3) is 3.63. The highest BCUT2D eigenvalue weighted by Crippen LogP contribution is 2.24. The van der Waals surface area contributed by atoms with Gasteiger partial charge in [0.25, 0.3) is 0 Å². The van der Waals surface area contributed by atoms with Crippen molar-refractivity contribution in [2.75, 3.05) is 39.3 Å². The van der Waals surface area contributed by atoms with Gasteiger partial charge in [-0.15, -0.1) is 0 Å². The molecule has 0 bridgehead atoms. The van der Waals surface area contributed by atoms with Gasteiger partial charge in [-0.3, -0.25) is 4.90 Å². The van der Waals surface area contributed by atoms with E-state index in [9.17, 15) is 8.42 Å². The Morgan fingerprint density at radius 1 is 1.18 bits per heavy atom. The number of piperazine rings is 1. The van der Waals surface area contributed by atoms with Gasteiger partial charge in [0.1, 0.15) is 0 Å². The predicted molar refractivity (Wildman–Crippen MR) is 88.5 cm³/mol. The summed E-state index contributed by atoms with van der Waals surface area (Å²) in [4.78, 5) is 2.40. The first-order valence-electron chi connectivity index (χ1n) is 7.72. The van der Waals surface area contributed by atoms with Gasteiger partial charge < -0.3 is 5.32 Å². The van der Waals surface area contributed by atoms with Crippen molar-refractivity contribution >= 4 is 21.6 Å². The summed E-state index contributed by atoms with van der Waals surface area (Å²) in [5.41, 5.74) is 0.676. The SMILES string of the molecule is O=S(=O)(Cc1ccccc1Cl)N1CCC(N2CCNCC2)C1.